The Kier molecular flexibility index (Phi) is 4.10. The van der Waals surface area contributed by atoms with Gasteiger partial charge in [-0.25, -0.2) is 0 Å². The van der Waals surface area contributed by atoms with Gasteiger partial charge in [-0.1, -0.05) is 6.92 Å². The molecule has 1 unspecified atom stereocenters. The average Bonchev–Trinajstić information content (AvgIpc) is 2.55. The Bertz CT molecular complexity index is 383. The molecule has 1 atom stereocenters. The molecule has 0 N–H and O–H groups in total. The quantitative estimate of drug-likeness (QED) is 0.733. The van der Waals surface area contributed by atoms with Crippen molar-refractivity contribution in [3.8, 4) is 0 Å². The van der Waals surface area contributed by atoms with Crippen LogP contribution >= 0.6 is 0 Å². The first kappa shape index (κ1) is 12.7. The molecule has 16 heavy (non-hydrogen) atoms. The van der Waals surface area contributed by atoms with Crippen molar-refractivity contribution in [2.24, 2.45) is 5.92 Å². The Morgan fingerprint density at radius 3 is 2.56 bits per heavy atom. The Balaban J connectivity index is 2.89. The highest BCUT2D eigenvalue weighted by atomic mass is 16.5. The van der Waals surface area contributed by atoms with Crippen LogP contribution in [0.5, 0.6) is 0 Å². The molecular formula is C12H20N2O2. The van der Waals surface area contributed by atoms with Crippen LogP contribution in [0.1, 0.15) is 30.8 Å². The maximum absolute atomic E-state index is 11.4. The first-order valence-electron chi connectivity index (χ1n) is 5.61. The molecule has 90 valence electrons. The molecule has 0 amide bonds. The molecule has 1 heterocycles. The van der Waals surface area contributed by atoms with E-state index in [1.807, 2.05) is 25.5 Å². The van der Waals surface area contributed by atoms with Crippen molar-refractivity contribution in [3.05, 3.63) is 17.0 Å². The van der Waals surface area contributed by atoms with Gasteiger partial charge in [-0.3, -0.25) is 9.48 Å². The van der Waals surface area contributed by atoms with Crippen molar-refractivity contribution in [2.75, 3.05) is 7.11 Å². The van der Waals surface area contributed by atoms with Crippen LogP contribution in [0.2, 0.25) is 0 Å². The molecule has 0 bridgehead atoms. The second-order valence-electron chi connectivity index (χ2n) is 4.09. The van der Waals surface area contributed by atoms with E-state index in [-0.39, 0.29) is 11.9 Å². The predicted octanol–water partition coefficient (Wildman–Crippen LogP) is 1.87. The largest absolute Gasteiger partial charge is 0.469 e. The third kappa shape index (κ3) is 2.43. The van der Waals surface area contributed by atoms with Gasteiger partial charge in [0.2, 0.25) is 0 Å². The van der Waals surface area contributed by atoms with E-state index >= 15 is 0 Å². The van der Waals surface area contributed by atoms with Gasteiger partial charge < -0.3 is 4.74 Å². The van der Waals surface area contributed by atoms with Crippen LogP contribution < -0.4 is 0 Å². The van der Waals surface area contributed by atoms with E-state index in [0.717, 1.165) is 17.9 Å². The maximum atomic E-state index is 11.4. The van der Waals surface area contributed by atoms with Gasteiger partial charge >= 0.3 is 5.97 Å². The monoisotopic (exact) mass is 224 g/mol. The summed E-state index contributed by atoms with van der Waals surface area (Å²) >= 11 is 0. The number of ether oxygens (including phenoxy) is 1. The molecule has 0 aliphatic rings. The molecule has 0 saturated heterocycles. The predicted molar refractivity (Wildman–Crippen MR) is 62.3 cm³/mol. The molecule has 4 heteroatoms. The number of hydrogen-bond acceptors (Lipinski definition) is 3. The summed E-state index contributed by atoms with van der Waals surface area (Å²) in [6.07, 6.45) is 0.699. The number of methoxy groups -OCH3 is 1. The Labute approximate surface area is 96.6 Å². The van der Waals surface area contributed by atoms with E-state index in [9.17, 15) is 4.79 Å². The fourth-order valence-electron chi connectivity index (χ4n) is 1.93. The summed E-state index contributed by atoms with van der Waals surface area (Å²) in [6.45, 7) is 8.83. The van der Waals surface area contributed by atoms with Gasteiger partial charge in [0, 0.05) is 12.2 Å². The fourth-order valence-corrected chi connectivity index (χ4v) is 1.93. The Morgan fingerprint density at radius 2 is 2.12 bits per heavy atom. The van der Waals surface area contributed by atoms with Crippen molar-refractivity contribution in [3.63, 3.8) is 0 Å². The highest BCUT2D eigenvalue weighted by Crippen LogP contribution is 2.18. The minimum absolute atomic E-state index is 0.114. The number of esters is 1. The molecule has 0 aromatic carbocycles. The van der Waals surface area contributed by atoms with Crippen LogP contribution in [0.4, 0.5) is 0 Å². The lowest BCUT2D eigenvalue weighted by atomic mass is 10.00. The number of hydrogen-bond donors (Lipinski definition) is 0. The van der Waals surface area contributed by atoms with Crippen molar-refractivity contribution in [2.45, 2.75) is 40.7 Å². The normalized spacial score (nSPS) is 12.6. The standard InChI is InChI=1S/C12H20N2O2/c1-6-14-10(4)11(9(3)13-14)7-8(2)12(15)16-5/h8H,6-7H2,1-5H3. The molecule has 1 aromatic rings. The van der Waals surface area contributed by atoms with E-state index in [0.29, 0.717) is 6.42 Å². The maximum Gasteiger partial charge on any atom is 0.308 e. The van der Waals surface area contributed by atoms with Crippen LogP contribution in [0.15, 0.2) is 0 Å². The van der Waals surface area contributed by atoms with Crippen LogP contribution in [-0.2, 0) is 22.5 Å². The lowest BCUT2D eigenvalue weighted by Crippen LogP contribution is -2.15. The lowest BCUT2D eigenvalue weighted by Gasteiger charge is -2.09. The first-order valence-corrected chi connectivity index (χ1v) is 5.61. The minimum atomic E-state index is -0.164. The number of nitrogens with zero attached hydrogens (tertiary/aromatic N) is 2. The van der Waals surface area contributed by atoms with Gasteiger partial charge in [0.15, 0.2) is 0 Å². The highest BCUT2D eigenvalue weighted by Gasteiger charge is 2.18. The second-order valence-corrected chi connectivity index (χ2v) is 4.09. The average molecular weight is 224 g/mol. The van der Waals surface area contributed by atoms with Crippen LogP contribution in [-0.4, -0.2) is 22.9 Å². The third-order valence-electron chi connectivity index (χ3n) is 2.94. The summed E-state index contributed by atoms with van der Waals surface area (Å²) < 4.78 is 6.70. The van der Waals surface area contributed by atoms with Gasteiger partial charge in [-0.2, -0.15) is 5.10 Å². The van der Waals surface area contributed by atoms with E-state index in [4.69, 9.17) is 4.74 Å². The zero-order valence-electron chi connectivity index (χ0n) is 10.7. The molecule has 4 nitrogen and oxygen atoms in total. The zero-order chi connectivity index (χ0) is 12.3. The smallest absolute Gasteiger partial charge is 0.308 e. The molecule has 0 saturated carbocycles. The van der Waals surface area contributed by atoms with Crippen molar-refractivity contribution in [1.82, 2.24) is 9.78 Å². The van der Waals surface area contributed by atoms with Crippen molar-refractivity contribution >= 4 is 5.97 Å². The van der Waals surface area contributed by atoms with Crippen LogP contribution in [0.25, 0.3) is 0 Å². The molecular weight excluding hydrogens is 204 g/mol. The van der Waals surface area contributed by atoms with Gasteiger partial charge in [-0.05, 0) is 32.8 Å². The van der Waals surface area contributed by atoms with Crippen molar-refractivity contribution < 1.29 is 9.53 Å². The SMILES string of the molecule is CCn1nc(C)c(CC(C)C(=O)OC)c1C. The third-order valence-corrected chi connectivity index (χ3v) is 2.94. The van der Waals surface area contributed by atoms with Crippen LogP contribution in [0.3, 0.4) is 0 Å². The summed E-state index contributed by atoms with van der Waals surface area (Å²) in [5.74, 6) is -0.278. The number of carbonyl (C=O) groups is 1. The number of aryl methyl sites for hydroxylation is 2. The summed E-state index contributed by atoms with van der Waals surface area (Å²) in [4.78, 5) is 11.4. The Hall–Kier alpha value is -1.32. The minimum Gasteiger partial charge on any atom is -0.469 e. The Morgan fingerprint density at radius 1 is 1.50 bits per heavy atom. The summed E-state index contributed by atoms with van der Waals surface area (Å²) in [5, 5.41) is 4.43. The van der Waals surface area contributed by atoms with E-state index in [1.54, 1.807) is 0 Å². The zero-order valence-corrected chi connectivity index (χ0v) is 10.7. The van der Waals surface area contributed by atoms with E-state index < -0.39 is 0 Å². The first-order chi connectivity index (χ1) is 7.51. The van der Waals surface area contributed by atoms with E-state index in [1.165, 1.54) is 12.7 Å². The van der Waals surface area contributed by atoms with Gasteiger partial charge in [0.05, 0.1) is 18.7 Å². The van der Waals surface area contributed by atoms with E-state index in [2.05, 4.69) is 12.0 Å². The molecule has 0 fully saturated rings. The molecule has 1 rings (SSSR count). The molecule has 0 aliphatic heterocycles. The topological polar surface area (TPSA) is 44.1 Å². The van der Waals surface area contributed by atoms with Gasteiger partial charge in [-0.15, -0.1) is 0 Å². The number of carbonyl (C=O) groups excluding carboxylic acids is 1. The fraction of sp³-hybridized carbons (Fsp3) is 0.667. The second kappa shape index (κ2) is 5.14. The lowest BCUT2D eigenvalue weighted by molar-refractivity contribution is -0.144. The number of aromatic nitrogens is 2. The summed E-state index contributed by atoms with van der Waals surface area (Å²) in [6, 6.07) is 0. The molecule has 0 aliphatic carbocycles. The van der Waals surface area contributed by atoms with Gasteiger partial charge in [0.25, 0.3) is 0 Å². The number of rotatable bonds is 4. The van der Waals surface area contributed by atoms with Gasteiger partial charge in [0.1, 0.15) is 0 Å². The summed E-state index contributed by atoms with van der Waals surface area (Å²) in [5.41, 5.74) is 3.32. The molecule has 1 aromatic heterocycles. The molecule has 0 radical (unpaired) electrons. The molecule has 0 spiro atoms. The van der Waals surface area contributed by atoms with Crippen molar-refractivity contribution in [1.29, 1.82) is 0 Å². The van der Waals surface area contributed by atoms with Crippen LogP contribution in [0, 0.1) is 19.8 Å². The summed E-state index contributed by atoms with van der Waals surface area (Å²) in [7, 11) is 1.42. The highest BCUT2D eigenvalue weighted by molar-refractivity contribution is 5.72.